The molecule has 0 saturated heterocycles. The van der Waals surface area contributed by atoms with Gasteiger partial charge in [-0.2, -0.15) is 0 Å². The van der Waals surface area contributed by atoms with E-state index in [1.807, 2.05) is 25.1 Å². The molecule has 202 valence electrons. The number of carbonyl (C=O) groups excluding carboxylic acids is 3. The van der Waals surface area contributed by atoms with E-state index < -0.39 is 11.8 Å². The molecule has 4 rings (SSSR count). The van der Waals surface area contributed by atoms with Gasteiger partial charge in [-0.25, -0.2) is 4.90 Å². The zero-order chi connectivity index (χ0) is 27.9. The van der Waals surface area contributed by atoms with Gasteiger partial charge in [0.15, 0.2) is 11.5 Å². The summed E-state index contributed by atoms with van der Waals surface area (Å²) in [6, 6.07) is 18.7. The second-order valence-electron chi connectivity index (χ2n) is 8.46. The van der Waals surface area contributed by atoms with Crippen molar-refractivity contribution >= 4 is 40.7 Å². The van der Waals surface area contributed by atoms with Gasteiger partial charge < -0.3 is 24.8 Å². The Kier molecular flexibility index (Phi) is 8.73. The van der Waals surface area contributed by atoms with Crippen LogP contribution in [0, 0.1) is 0 Å². The van der Waals surface area contributed by atoms with Gasteiger partial charge in [0.05, 0.1) is 26.5 Å². The number of rotatable bonds is 11. The largest absolute Gasteiger partial charge is 0.494 e. The molecule has 0 saturated carbocycles. The fourth-order valence-corrected chi connectivity index (χ4v) is 4.26. The first-order valence-electron chi connectivity index (χ1n) is 12.2. The van der Waals surface area contributed by atoms with Gasteiger partial charge in [0.2, 0.25) is 0 Å². The predicted molar refractivity (Wildman–Crippen MR) is 149 cm³/mol. The molecule has 0 unspecified atom stereocenters. The van der Waals surface area contributed by atoms with Gasteiger partial charge in [-0.05, 0) is 73.5 Å². The molecule has 1 aliphatic rings. The Morgan fingerprint density at radius 2 is 1.67 bits per heavy atom. The smallest absolute Gasteiger partial charge is 0.283 e. The number of amides is 3. The fourth-order valence-electron chi connectivity index (χ4n) is 4.05. The van der Waals surface area contributed by atoms with E-state index in [1.54, 1.807) is 62.8 Å². The highest BCUT2D eigenvalue weighted by Gasteiger charge is 2.39. The first-order valence-corrected chi connectivity index (χ1v) is 12.6. The molecule has 0 fully saturated rings. The maximum absolute atomic E-state index is 13.1. The van der Waals surface area contributed by atoms with E-state index in [4.69, 9.17) is 25.8 Å². The maximum Gasteiger partial charge on any atom is 0.283 e. The summed E-state index contributed by atoms with van der Waals surface area (Å²) in [5.74, 6) is 0.348. The summed E-state index contributed by atoms with van der Waals surface area (Å²) in [5, 5.41) is 5.56. The molecule has 0 aromatic heterocycles. The van der Waals surface area contributed by atoms with E-state index in [1.165, 1.54) is 0 Å². The Morgan fingerprint density at radius 1 is 0.923 bits per heavy atom. The molecule has 10 heteroatoms. The first kappa shape index (κ1) is 27.5. The van der Waals surface area contributed by atoms with Gasteiger partial charge in [0, 0.05) is 17.8 Å². The van der Waals surface area contributed by atoms with Crippen LogP contribution in [0.3, 0.4) is 0 Å². The Bertz CT molecular complexity index is 1420. The standard InChI is InChI=1S/C29H28ClN3O6/c1-4-39-22-11-9-21(10-12-22)33-28(35)25(30)26(29(33)36)32-20-7-5-6-19(17-20)27(34)31-15-14-18-8-13-23(37-2)24(16-18)38-3/h5-13,16-17,32H,4,14-15H2,1-3H3,(H,31,34). The summed E-state index contributed by atoms with van der Waals surface area (Å²) in [6.07, 6.45) is 0.588. The average Bonchev–Trinajstić information content (AvgIpc) is 3.16. The van der Waals surface area contributed by atoms with Crippen LogP contribution < -0.4 is 29.7 Å². The number of benzene rings is 3. The van der Waals surface area contributed by atoms with Crippen LogP contribution in [-0.4, -0.2) is 45.1 Å². The Hall–Kier alpha value is -4.50. The lowest BCUT2D eigenvalue weighted by atomic mass is 10.1. The summed E-state index contributed by atoms with van der Waals surface area (Å²) in [4.78, 5) is 39.6. The van der Waals surface area contributed by atoms with E-state index in [2.05, 4.69) is 10.6 Å². The number of nitrogens with zero attached hydrogens (tertiary/aromatic N) is 1. The molecule has 0 spiro atoms. The molecule has 3 aromatic carbocycles. The van der Waals surface area contributed by atoms with Crippen LogP contribution in [0.2, 0.25) is 0 Å². The maximum atomic E-state index is 13.1. The molecule has 39 heavy (non-hydrogen) atoms. The number of imide groups is 1. The quantitative estimate of drug-likeness (QED) is 0.339. The molecule has 0 bridgehead atoms. The van der Waals surface area contributed by atoms with Crippen LogP contribution in [0.25, 0.3) is 0 Å². The van der Waals surface area contributed by atoms with Crippen LogP contribution >= 0.6 is 11.6 Å². The molecular weight excluding hydrogens is 522 g/mol. The van der Waals surface area contributed by atoms with Gasteiger partial charge in [0.25, 0.3) is 17.7 Å². The van der Waals surface area contributed by atoms with Crippen molar-refractivity contribution in [1.29, 1.82) is 0 Å². The van der Waals surface area contributed by atoms with E-state index >= 15 is 0 Å². The zero-order valence-corrected chi connectivity index (χ0v) is 22.5. The van der Waals surface area contributed by atoms with Gasteiger partial charge in [-0.3, -0.25) is 14.4 Å². The third kappa shape index (κ3) is 6.15. The van der Waals surface area contributed by atoms with Gasteiger partial charge in [0.1, 0.15) is 16.5 Å². The van der Waals surface area contributed by atoms with Crippen molar-refractivity contribution < 1.29 is 28.6 Å². The molecule has 9 nitrogen and oxygen atoms in total. The average molecular weight is 550 g/mol. The van der Waals surface area contributed by atoms with Crippen molar-refractivity contribution in [3.63, 3.8) is 0 Å². The highest BCUT2D eigenvalue weighted by atomic mass is 35.5. The molecule has 2 N–H and O–H groups in total. The summed E-state index contributed by atoms with van der Waals surface area (Å²) >= 11 is 6.25. The number of nitrogens with one attached hydrogen (secondary N) is 2. The lowest BCUT2D eigenvalue weighted by Gasteiger charge is -2.16. The Morgan fingerprint density at radius 3 is 2.36 bits per heavy atom. The van der Waals surface area contributed by atoms with Crippen molar-refractivity contribution in [3.05, 3.63) is 88.6 Å². The summed E-state index contributed by atoms with van der Waals surface area (Å²) in [6.45, 7) is 2.76. The highest BCUT2D eigenvalue weighted by Crippen LogP contribution is 2.31. The predicted octanol–water partition coefficient (Wildman–Crippen LogP) is 4.51. The lowest BCUT2D eigenvalue weighted by molar-refractivity contribution is -0.120. The Balaban J connectivity index is 1.40. The monoisotopic (exact) mass is 549 g/mol. The van der Waals surface area contributed by atoms with Crippen LogP contribution in [0.5, 0.6) is 17.2 Å². The lowest BCUT2D eigenvalue weighted by Crippen LogP contribution is -2.32. The van der Waals surface area contributed by atoms with Crippen molar-refractivity contribution in [3.8, 4) is 17.2 Å². The molecule has 1 aliphatic heterocycles. The second-order valence-corrected chi connectivity index (χ2v) is 8.84. The first-order chi connectivity index (χ1) is 18.9. The number of hydrogen-bond donors (Lipinski definition) is 2. The normalized spacial score (nSPS) is 13.0. The number of carbonyl (C=O) groups is 3. The van der Waals surface area contributed by atoms with E-state index in [0.29, 0.717) is 53.8 Å². The van der Waals surface area contributed by atoms with Crippen LogP contribution in [0.15, 0.2) is 77.5 Å². The summed E-state index contributed by atoms with van der Waals surface area (Å²) < 4.78 is 16.0. The van der Waals surface area contributed by atoms with Crippen LogP contribution in [0.4, 0.5) is 11.4 Å². The second kappa shape index (κ2) is 12.4. The Labute approximate surface area is 231 Å². The minimum atomic E-state index is -0.641. The van der Waals surface area contributed by atoms with Crippen LogP contribution in [-0.2, 0) is 16.0 Å². The van der Waals surface area contributed by atoms with Crippen molar-refractivity contribution in [1.82, 2.24) is 5.32 Å². The van der Waals surface area contributed by atoms with Crippen molar-refractivity contribution in [2.45, 2.75) is 13.3 Å². The fraction of sp³-hybridized carbons (Fsp3) is 0.207. The number of halogens is 1. The highest BCUT2D eigenvalue weighted by molar-refractivity contribution is 6.53. The van der Waals surface area contributed by atoms with Gasteiger partial charge >= 0.3 is 0 Å². The minimum absolute atomic E-state index is 0.0680. The number of methoxy groups -OCH3 is 2. The van der Waals surface area contributed by atoms with Crippen molar-refractivity contribution in [2.75, 3.05) is 37.6 Å². The summed E-state index contributed by atoms with van der Waals surface area (Å²) in [7, 11) is 3.14. The van der Waals surface area contributed by atoms with Gasteiger partial charge in [-0.15, -0.1) is 0 Å². The van der Waals surface area contributed by atoms with E-state index in [-0.39, 0.29) is 16.6 Å². The molecule has 3 aromatic rings. The third-order valence-electron chi connectivity index (χ3n) is 5.97. The number of anilines is 2. The molecule has 0 aliphatic carbocycles. The van der Waals surface area contributed by atoms with E-state index in [9.17, 15) is 14.4 Å². The number of ether oxygens (including phenoxy) is 3. The van der Waals surface area contributed by atoms with Gasteiger partial charge in [-0.1, -0.05) is 23.7 Å². The molecule has 0 atom stereocenters. The zero-order valence-electron chi connectivity index (χ0n) is 21.7. The number of hydrogen-bond acceptors (Lipinski definition) is 7. The topological polar surface area (TPSA) is 106 Å². The molecule has 0 radical (unpaired) electrons. The van der Waals surface area contributed by atoms with Crippen molar-refractivity contribution in [2.24, 2.45) is 0 Å². The van der Waals surface area contributed by atoms with Crippen LogP contribution in [0.1, 0.15) is 22.8 Å². The SMILES string of the molecule is CCOc1ccc(N2C(=O)C(Cl)=C(Nc3cccc(C(=O)NCCc4ccc(OC)c(OC)c4)c3)C2=O)cc1. The molecular formula is C29H28ClN3O6. The van der Waals surface area contributed by atoms with E-state index in [0.717, 1.165) is 10.5 Å². The summed E-state index contributed by atoms with van der Waals surface area (Å²) in [5.41, 5.74) is 2.09. The molecule has 1 heterocycles. The third-order valence-corrected chi connectivity index (χ3v) is 6.33. The molecule has 3 amide bonds. The minimum Gasteiger partial charge on any atom is -0.494 e.